The van der Waals surface area contributed by atoms with E-state index in [1.165, 1.54) is 0 Å². The van der Waals surface area contributed by atoms with Gasteiger partial charge >= 0.3 is 0 Å². The molecule has 0 aliphatic rings. The first kappa shape index (κ1) is 17.7. The van der Waals surface area contributed by atoms with Gasteiger partial charge in [0.15, 0.2) is 0 Å². The fourth-order valence-corrected chi connectivity index (χ4v) is 3.56. The number of aromatic nitrogens is 4. The van der Waals surface area contributed by atoms with Gasteiger partial charge in [-0.2, -0.15) is 5.26 Å². The van der Waals surface area contributed by atoms with Gasteiger partial charge in [-0.05, 0) is 43.5 Å². The molecule has 3 heterocycles. The molecule has 0 amide bonds. The number of nitriles is 1. The highest BCUT2D eigenvalue weighted by Crippen LogP contribution is 2.37. The second-order valence-electron chi connectivity index (χ2n) is 6.73. The lowest BCUT2D eigenvalue weighted by Gasteiger charge is -2.14. The van der Waals surface area contributed by atoms with Gasteiger partial charge in [0, 0.05) is 40.7 Å². The third-order valence-electron chi connectivity index (χ3n) is 4.98. The summed E-state index contributed by atoms with van der Waals surface area (Å²) < 4.78 is 0. The Kier molecular flexibility index (Phi) is 4.28. The molecule has 0 radical (unpaired) electrons. The molecule has 0 atom stereocenters. The number of benzene rings is 1. The van der Waals surface area contributed by atoms with Crippen LogP contribution in [0, 0.1) is 25.2 Å². The molecular weight excluding hydrogens is 350 g/mol. The molecule has 0 unspecified atom stereocenters. The second kappa shape index (κ2) is 6.78. The first-order chi connectivity index (χ1) is 13.5. The van der Waals surface area contributed by atoms with Crippen molar-refractivity contribution in [2.45, 2.75) is 27.2 Å². The normalized spacial score (nSPS) is 10.9. The van der Waals surface area contributed by atoms with Crippen LogP contribution >= 0.6 is 0 Å². The van der Waals surface area contributed by atoms with Crippen LogP contribution in [0.5, 0.6) is 5.75 Å². The van der Waals surface area contributed by atoms with E-state index in [0.717, 1.165) is 38.9 Å². The maximum Gasteiger partial charge on any atom is 0.139 e. The molecule has 28 heavy (non-hydrogen) atoms. The van der Waals surface area contributed by atoms with Gasteiger partial charge in [-0.1, -0.05) is 13.0 Å². The van der Waals surface area contributed by atoms with Crippen LogP contribution in [0.1, 0.15) is 29.4 Å². The van der Waals surface area contributed by atoms with Crippen LogP contribution in [0.3, 0.4) is 0 Å². The number of aromatic hydroxyl groups is 1. The van der Waals surface area contributed by atoms with Gasteiger partial charge in [0.25, 0.3) is 0 Å². The van der Waals surface area contributed by atoms with E-state index in [9.17, 15) is 10.4 Å². The zero-order valence-electron chi connectivity index (χ0n) is 15.9. The molecule has 4 aromatic rings. The van der Waals surface area contributed by atoms with E-state index in [1.807, 2.05) is 32.9 Å². The van der Waals surface area contributed by atoms with E-state index in [-0.39, 0.29) is 5.75 Å². The molecule has 1 aromatic carbocycles. The monoisotopic (exact) mass is 369 g/mol. The quantitative estimate of drug-likeness (QED) is 0.556. The Balaban J connectivity index is 1.97. The Morgan fingerprint density at radius 1 is 1.11 bits per heavy atom. The van der Waals surface area contributed by atoms with E-state index in [1.54, 1.807) is 24.7 Å². The van der Waals surface area contributed by atoms with Gasteiger partial charge in [0.1, 0.15) is 23.3 Å². The summed E-state index contributed by atoms with van der Waals surface area (Å²) >= 11 is 0. The summed E-state index contributed by atoms with van der Waals surface area (Å²) in [7, 11) is 0. The Morgan fingerprint density at radius 2 is 1.86 bits per heavy atom. The summed E-state index contributed by atoms with van der Waals surface area (Å²) in [6.45, 7) is 5.80. The fourth-order valence-electron chi connectivity index (χ4n) is 3.56. The molecule has 0 bridgehead atoms. The number of aromatic amines is 1. The first-order valence-electron chi connectivity index (χ1n) is 9.06. The zero-order chi connectivity index (χ0) is 19.8. The minimum atomic E-state index is 0.235. The molecule has 0 spiro atoms. The Morgan fingerprint density at radius 3 is 2.54 bits per heavy atom. The van der Waals surface area contributed by atoms with Gasteiger partial charge in [0.2, 0.25) is 0 Å². The fraction of sp³-hybridized carbons (Fsp3) is 0.182. The van der Waals surface area contributed by atoms with Crippen LogP contribution in [0.25, 0.3) is 33.4 Å². The van der Waals surface area contributed by atoms with Crippen molar-refractivity contribution in [2.24, 2.45) is 0 Å². The number of aryl methyl sites for hydroxylation is 2. The summed E-state index contributed by atoms with van der Waals surface area (Å²) in [5.74, 6) is 0.933. The van der Waals surface area contributed by atoms with Crippen LogP contribution in [-0.4, -0.2) is 25.0 Å². The van der Waals surface area contributed by atoms with Crippen LogP contribution in [0.4, 0.5) is 0 Å². The lowest BCUT2D eigenvalue weighted by molar-refractivity contribution is 0.469. The van der Waals surface area contributed by atoms with Gasteiger partial charge in [-0.25, -0.2) is 15.0 Å². The first-order valence-corrected chi connectivity index (χ1v) is 9.06. The van der Waals surface area contributed by atoms with Gasteiger partial charge in [-0.3, -0.25) is 0 Å². The van der Waals surface area contributed by atoms with Crippen molar-refractivity contribution >= 4 is 11.0 Å². The summed E-state index contributed by atoms with van der Waals surface area (Å²) in [6, 6.07) is 7.80. The smallest absolute Gasteiger partial charge is 0.139 e. The van der Waals surface area contributed by atoms with E-state index in [4.69, 9.17) is 0 Å². The standard InChI is InChI=1S/C22H19N5O/c1-4-15-20(28)6-5-12(2)21(15)18-11-26-22-16(17(18)8-23)7-19(27-22)14-9-24-13(3)25-10-14/h5-7,9-11,28H,4H2,1-3H3,(H,26,27). The number of pyridine rings is 1. The number of hydrogen-bond acceptors (Lipinski definition) is 5. The molecule has 0 saturated heterocycles. The highest BCUT2D eigenvalue weighted by atomic mass is 16.3. The van der Waals surface area contributed by atoms with E-state index < -0.39 is 0 Å². The number of phenolic OH excluding ortho intramolecular Hbond substituents is 1. The molecule has 0 aliphatic carbocycles. The highest BCUT2D eigenvalue weighted by molar-refractivity contribution is 5.94. The number of fused-ring (bicyclic) bond motifs is 1. The molecule has 0 saturated carbocycles. The number of nitrogens with zero attached hydrogens (tertiary/aromatic N) is 4. The predicted octanol–water partition coefficient (Wildman–Crippen LogP) is 4.44. The topological polar surface area (TPSA) is 98.5 Å². The minimum absolute atomic E-state index is 0.235. The Hall–Kier alpha value is -3.72. The molecule has 0 aliphatic heterocycles. The van der Waals surface area contributed by atoms with E-state index >= 15 is 0 Å². The maximum atomic E-state index is 10.3. The van der Waals surface area contributed by atoms with Gasteiger partial charge < -0.3 is 10.1 Å². The summed E-state index contributed by atoms with van der Waals surface area (Å²) in [5, 5.41) is 21.0. The number of rotatable bonds is 3. The third kappa shape index (κ3) is 2.78. The van der Waals surface area contributed by atoms with Crippen molar-refractivity contribution in [3.63, 3.8) is 0 Å². The zero-order valence-corrected chi connectivity index (χ0v) is 15.9. The molecule has 3 aromatic heterocycles. The lowest BCUT2D eigenvalue weighted by atomic mass is 9.90. The van der Waals surface area contributed by atoms with E-state index in [0.29, 0.717) is 23.5 Å². The molecule has 6 nitrogen and oxygen atoms in total. The Bertz CT molecular complexity index is 1230. The number of H-pyrrole nitrogens is 1. The van der Waals surface area contributed by atoms with Crippen molar-refractivity contribution in [2.75, 3.05) is 0 Å². The molecule has 138 valence electrons. The maximum absolute atomic E-state index is 10.3. The van der Waals surface area contributed by atoms with Crippen molar-refractivity contribution < 1.29 is 5.11 Å². The van der Waals surface area contributed by atoms with Crippen LogP contribution < -0.4 is 0 Å². The summed E-state index contributed by atoms with van der Waals surface area (Å²) in [4.78, 5) is 16.3. The number of hydrogen-bond donors (Lipinski definition) is 2. The van der Waals surface area contributed by atoms with Crippen molar-refractivity contribution in [1.29, 1.82) is 5.26 Å². The highest BCUT2D eigenvalue weighted by Gasteiger charge is 2.19. The van der Waals surface area contributed by atoms with Gasteiger partial charge in [0.05, 0.1) is 11.3 Å². The number of phenols is 1. The van der Waals surface area contributed by atoms with E-state index in [2.05, 4.69) is 26.0 Å². The molecule has 0 fully saturated rings. The Labute approximate surface area is 162 Å². The molecule has 2 N–H and O–H groups in total. The molecular formula is C22H19N5O. The average Bonchev–Trinajstić information content (AvgIpc) is 3.13. The van der Waals surface area contributed by atoms with Crippen LogP contribution in [-0.2, 0) is 6.42 Å². The molecule has 4 rings (SSSR count). The van der Waals surface area contributed by atoms with Crippen molar-refractivity contribution in [1.82, 2.24) is 19.9 Å². The van der Waals surface area contributed by atoms with Crippen LogP contribution in [0.15, 0.2) is 36.8 Å². The lowest BCUT2D eigenvalue weighted by Crippen LogP contribution is -1.96. The number of nitrogens with one attached hydrogen (secondary N) is 1. The van der Waals surface area contributed by atoms with Crippen LogP contribution in [0.2, 0.25) is 0 Å². The predicted molar refractivity (Wildman–Crippen MR) is 108 cm³/mol. The average molecular weight is 369 g/mol. The minimum Gasteiger partial charge on any atom is -0.508 e. The third-order valence-corrected chi connectivity index (χ3v) is 4.98. The van der Waals surface area contributed by atoms with Crippen molar-refractivity contribution in [3.8, 4) is 34.2 Å². The molecule has 6 heteroatoms. The summed E-state index contributed by atoms with van der Waals surface area (Å²) in [5.41, 5.74) is 6.21. The van der Waals surface area contributed by atoms with Gasteiger partial charge in [-0.15, -0.1) is 0 Å². The SMILES string of the molecule is CCc1c(O)ccc(C)c1-c1cnc2[nH]c(-c3cnc(C)nc3)cc2c1C#N. The van der Waals surface area contributed by atoms with Crippen molar-refractivity contribution in [3.05, 3.63) is 59.3 Å². The summed E-state index contributed by atoms with van der Waals surface area (Å²) in [6.07, 6.45) is 5.85. The second-order valence-corrected chi connectivity index (χ2v) is 6.73. The largest absolute Gasteiger partial charge is 0.508 e.